The fourth-order valence-corrected chi connectivity index (χ4v) is 3.59. The van der Waals surface area contributed by atoms with Gasteiger partial charge in [0.1, 0.15) is 5.75 Å². The number of phenolic OH excluding ortho intramolecular Hbond substituents is 1. The predicted octanol–water partition coefficient (Wildman–Crippen LogP) is 4.85. The summed E-state index contributed by atoms with van der Waals surface area (Å²) in [4.78, 5) is 0.787. The molecule has 27 heavy (non-hydrogen) atoms. The van der Waals surface area contributed by atoms with E-state index >= 15 is 0 Å². The fraction of sp³-hybridized carbons (Fsp3) is 0. The lowest BCUT2D eigenvalue weighted by Crippen LogP contribution is -2.13. The van der Waals surface area contributed by atoms with E-state index in [9.17, 15) is 5.11 Å². The molecule has 0 saturated carbocycles. The number of hydrogen-bond donors (Lipinski definition) is 1. The minimum absolute atomic E-state index is 0.233. The summed E-state index contributed by atoms with van der Waals surface area (Å²) in [7, 11) is 0. The summed E-state index contributed by atoms with van der Waals surface area (Å²) in [6.45, 7) is 0. The number of hydrogen-bond acceptors (Lipinski definition) is 4. The second kappa shape index (κ2) is 7.85. The number of rotatable bonds is 4. The van der Waals surface area contributed by atoms with Gasteiger partial charge in [-0.3, -0.25) is 4.57 Å². The second-order valence-electron chi connectivity index (χ2n) is 5.88. The number of nitrogens with zero attached hydrogens (tertiary/aromatic N) is 3. The van der Waals surface area contributed by atoms with E-state index in [1.165, 1.54) is 0 Å². The van der Waals surface area contributed by atoms with Crippen molar-refractivity contribution in [1.82, 2.24) is 4.57 Å². The normalized spacial score (nSPS) is 11.9. The average molecular weight is 371 g/mol. The molecule has 0 bridgehead atoms. The third-order valence-electron chi connectivity index (χ3n) is 4.04. The standard InChI is InChI=1S/C22H17N3OS/c26-20-13-11-17(12-14-20)15-23-24-22-25(19-9-5-2-6-10-19)21(16-27-22)18-7-3-1-4-8-18/h1-16,26H/b23-15+,24-22-. The monoisotopic (exact) mass is 371 g/mol. The Bertz CT molecular complexity index is 1110. The van der Waals surface area contributed by atoms with Gasteiger partial charge in [0.15, 0.2) is 0 Å². The first kappa shape index (κ1) is 17.0. The van der Waals surface area contributed by atoms with Crippen molar-refractivity contribution in [2.45, 2.75) is 0 Å². The van der Waals surface area contributed by atoms with Crippen molar-refractivity contribution in [1.29, 1.82) is 0 Å². The van der Waals surface area contributed by atoms with Crippen molar-refractivity contribution in [2.75, 3.05) is 0 Å². The van der Waals surface area contributed by atoms with Crippen LogP contribution in [0.25, 0.3) is 16.9 Å². The summed E-state index contributed by atoms with van der Waals surface area (Å²) in [5.41, 5.74) is 4.12. The Morgan fingerprint density at radius 3 is 2.19 bits per heavy atom. The zero-order valence-electron chi connectivity index (χ0n) is 14.4. The maximum absolute atomic E-state index is 9.36. The van der Waals surface area contributed by atoms with Gasteiger partial charge in [0.05, 0.1) is 11.9 Å². The Morgan fingerprint density at radius 2 is 1.48 bits per heavy atom. The number of benzene rings is 3. The molecule has 132 valence electrons. The van der Waals surface area contributed by atoms with E-state index in [-0.39, 0.29) is 5.75 Å². The van der Waals surface area contributed by atoms with Crippen molar-refractivity contribution in [3.05, 3.63) is 101 Å². The van der Waals surface area contributed by atoms with Crippen molar-refractivity contribution in [3.8, 4) is 22.7 Å². The van der Waals surface area contributed by atoms with Gasteiger partial charge in [-0.1, -0.05) is 48.5 Å². The first-order chi connectivity index (χ1) is 13.3. The van der Waals surface area contributed by atoms with Gasteiger partial charge < -0.3 is 5.11 Å². The molecule has 4 aromatic rings. The number of phenols is 1. The van der Waals surface area contributed by atoms with Gasteiger partial charge in [-0.2, -0.15) is 5.10 Å². The molecule has 0 fully saturated rings. The SMILES string of the molecule is Oc1ccc(/C=N/N=c2\scc(-c3ccccc3)n2-c2ccccc2)cc1. The Kier molecular flexibility index (Phi) is 4.94. The number of aromatic hydroxyl groups is 1. The molecule has 0 aliphatic carbocycles. The zero-order chi connectivity index (χ0) is 18.5. The minimum atomic E-state index is 0.233. The van der Waals surface area contributed by atoms with Crippen LogP contribution in [-0.4, -0.2) is 15.9 Å². The summed E-state index contributed by atoms with van der Waals surface area (Å²) in [5, 5.41) is 20.1. The molecule has 0 amide bonds. The van der Waals surface area contributed by atoms with Gasteiger partial charge in [-0.15, -0.1) is 16.4 Å². The van der Waals surface area contributed by atoms with Crippen LogP contribution >= 0.6 is 11.3 Å². The van der Waals surface area contributed by atoms with Gasteiger partial charge in [0.25, 0.3) is 0 Å². The molecule has 0 saturated heterocycles. The van der Waals surface area contributed by atoms with Crippen LogP contribution in [0.1, 0.15) is 5.56 Å². The van der Waals surface area contributed by atoms with E-state index in [4.69, 9.17) is 0 Å². The molecule has 3 aromatic carbocycles. The molecular weight excluding hydrogens is 354 g/mol. The summed E-state index contributed by atoms with van der Waals surface area (Å²) >= 11 is 1.55. The largest absolute Gasteiger partial charge is 0.508 e. The van der Waals surface area contributed by atoms with E-state index in [2.05, 4.69) is 44.4 Å². The van der Waals surface area contributed by atoms with E-state index in [0.717, 1.165) is 27.3 Å². The highest BCUT2D eigenvalue weighted by molar-refractivity contribution is 7.07. The lowest BCUT2D eigenvalue weighted by Gasteiger charge is -2.08. The van der Waals surface area contributed by atoms with Crippen LogP contribution in [0.2, 0.25) is 0 Å². The Balaban J connectivity index is 1.79. The van der Waals surface area contributed by atoms with Gasteiger partial charge in [-0.05, 0) is 47.5 Å². The maximum Gasteiger partial charge on any atom is 0.215 e. The summed E-state index contributed by atoms with van der Waals surface area (Å²) in [6, 6.07) is 27.2. The van der Waals surface area contributed by atoms with E-state index in [1.54, 1.807) is 41.8 Å². The fourth-order valence-electron chi connectivity index (χ4n) is 2.72. The molecule has 5 heteroatoms. The Hall–Kier alpha value is -3.44. The van der Waals surface area contributed by atoms with Crippen LogP contribution in [0.5, 0.6) is 5.75 Å². The molecule has 4 rings (SSSR count). The van der Waals surface area contributed by atoms with Gasteiger partial charge >= 0.3 is 0 Å². The molecule has 1 heterocycles. The topological polar surface area (TPSA) is 49.9 Å². The summed E-state index contributed by atoms with van der Waals surface area (Å²) < 4.78 is 2.11. The quantitative estimate of drug-likeness (QED) is 0.405. The number of para-hydroxylation sites is 1. The van der Waals surface area contributed by atoms with Crippen molar-refractivity contribution >= 4 is 17.6 Å². The molecule has 1 N–H and O–H groups in total. The van der Waals surface area contributed by atoms with Crippen LogP contribution in [-0.2, 0) is 0 Å². The van der Waals surface area contributed by atoms with Gasteiger partial charge in [-0.25, -0.2) is 0 Å². The molecule has 0 spiro atoms. The third kappa shape index (κ3) is 3.88. The third-order valence-corrected chi connectivity index (χ3v) is 4.85. The smallest absolute Gasteiger partial charge is 0.215 e. The van der Waals surface area contributed by atoms with Crippen molar-refractivity contribution in [2.24, 2.45) is 10.2 Å². The van der Waals surface area contributed by atoms with E-state index in [0.29, 0.717) is 0 Å². The van der Waals surface area contributed by atoms with Crippen molar-refractivity contribution < 1.29 is 5.11 Å². The predicted molar refractivity (Wildman–Crippen MR) is 110 cm³/mol. The number of aromatic nitrogens is 1. The molecule has 0 unspecified atom stereocenters. The first-order valence-corrected chi connectivity index (χ1v) is 9.37. The molecule has 0 atom stereocenters. The van der Waals surface area contributed by atoms with Crippen molar-refractivity contribution in [3.63, 3.8) is 0 Å². The summed E-state index contributed by atoms with van der Waals surface area (Å²) in [6.07, 6.45) is 1.68. The lowest BCUT2D eigenvalue weighted by atomic mass is 10.1. The average Bonchev–Trinajstić information content (AvgIpc) is 3.15. The highest BCUT2D eigenvalue weighted by Crippen LogP contribution is 2.23. The van der Waals surface area contributed by atoms with Gasteiger partial charge in [0, 0.05) is 11.1 Å². The lowest BCUT2D eigenvalue weighted by molar-refractivity contribution is 0.475. The maximum atomic E-state index is 9.36. The molecule has 0 radical (unpaired) electrons. The van der Waals surface area contributed by atoms with Gasteiger partial charge in [0.2, 0.25) is 4.80 Å². The second-order valence-corrected chi connectivity index (χ2v) is 6.71. The van der Waals surface area contributed by atoms with Crippen LogP contribution < -0.4 is 4.80 Å². The van der Waals surface area contributed by atoms with E-state index in [1.807, 2.05) is 36.4 Å². The minimum Gasteiger partial charge on any atom is -0.508 e. The summed E-state index contributed by atoms with van der Waals surface area (Å²) in [5.74, 6) is 0.233. The van der Waals surface area contributed by atoms with Crippen LogP contribution in [0.15, 0.2) is 101 Å². The Morgan fingerprint density at radius 1 is 0.815 bits per heavy atom. The molecule has 0 aliphatic heterocycles. The van der Waals surface area contributed by atoms with Crippen LogP contribution in [0.4, 0.5) is 0 Å². The number of thiazole rings is 1. The Labute approximate surface area is 161 Å². The highest BCUT2D eigenvalue weighted by Gasteiger charge is 2.09. The first-order valence-electron chi connectivity index (χ1n) is 8.49. The molecule has 4 nitrogen and oxygen atoms in total. The molecule has 0 aliphatic rings. The zero-order valence-corrected chi connectivity index (χ0v) is 15.3. The van der Waals surface area contributed by atoms with E-state index < -0.39 is 0 Å². The van der Waals surface area contributed by atoms with Crippen LogP contribution in [0.3, 0.4) is 0 Å². The highest BCUT2D eigenvalue weighted by atomic mass is 32.1. The molecule has 1 aromatic heterocycles. The van der Waals surface area contributed by atoms with Crippen LogP contribution in [0, 0.1) is 0 Å². The molecular formula is C22H17N3OS.